The third kappa shape index (κ3) is 2.39. The zero-order valence-electron chi connectivity index (χ0n) is 11.4. The van der Waals surface area contributed by atoms with E-state index in [1.165, 1.54) is 15.8 Å². The minimum Gasteiger partial charge on any atom is -0.370 e. The van der Waals surface area contributed by atoms with Crippen molar-refractivity contribution < 1.29 is 0 Å². The average molecular weight is 269 g/mol. The van der Waals surface area contributed by atoms with Crippen LogP contribution in [0.4, 0.5) is 5.82 Å². The molecule has 1 aromatic heterocycles. The van der Waals surface area contributed by atoms with Crippen molar-refractivity contribution in [2.75, 3.05) is 11.9 Å². The van der Waals surface area contributed by atoms with Gasteiger partial charge in [-0.05, 0) is 24.8 Å². The summed E-state index contributed by atoms with van der Waals surface area (Å²) in [4.78, 5) is 0. The van der Waals surface area contributed by atoms with Gasteiger partial charge >= 0.3 is 0 Å². The summed E-state index contributed by atoms with van der Waals surface area (Å²) < 4.78 is 1.53. The quantitative estimate of drug-likeness (QED) is 0.576. The van der Waals surface area contributed by atoms with Gasteiger partial charge < -0.3 is 11.1 Å². The second-order valence-corrected chi connectivity index (χ2v) is 5.12. The summed E-state index contributed by atoms with van der Waals surface area (Å²) in [6, 6.07) is 10.3. The van der Waals surface area contributed by atoms with Crippen molar-refractivity contribution in [3.63, 3.8) is 0 Å². The van der Waals surface area contributed by atoms with Crippen LogP contribution < -0.4 is 11.1 Å². The molecule has 0 bridgehead atoms. The van der Waals surface area contributed by atoms with E-state index in [1.54, 1.807) is 0 Å². The topological polar surface area (TPSA) is 79.7 Å². The molecule has 2 heterocycles. The summed E-state index contributed by atoms with van der Waals surface area (Å²) in [5.41, 5.74) is 9.10. The van der Waals surface area contributed by atoms with E-state index in [0.29, 0.717) is 0 Å². The average Bonchev–Trinajstić information content (AvgIpc) is 2.63. The first-order valence-electron chi connectivity index (χ1n) is 6.98. The lowest BCUT2D eigenvalue weighted by atomic mass is 10.0. The normalized spacial score (nSPS) is 14.2. The zero-order valence-corrected chi connectivity index (χ0v) is 11.4. The molecule has 0 radical (unpaired) electrons. The molecule has 20 heavy (non-hydrogen) atoms. The van der Waals surface area contributed by atoms with Crippen molar-refractivity contribution in [3.8, 4) is 0 Å². The Labute approximate surface area is 118 Å². The smallest absolute Gasteiger partial charge is 0.215 e. The molecule has 1 aliphatic heterocycles. The zero-order chi connectivity index (χ0) is 13.9. The van der Waals surface area contributed by atoms with Gasteiger partial charge in [-0.2, -0.15) is 9.78 Å². The van der Waals surface area contributed by atoms with Crippen molar-refractivity contribution in [2.24, 2.45) is 5.73 Å². The fourth-order valence-electron chi connectivity index (χ4n) is 2.68. The molecule has 0 fully saturated rings. The summed E-state index contributed by atoms with van der Waals surface area (Å²) >= 11 is 0. The maximum Gasteiger partial charge on any atom is 0.215 e. The Morgan fingerprint density at radius 1 is 1.30 bits per heavy atom. The van der Waals surface area contributed by atoms with Gasteiger partial charge in [-0.3, -0.25) is 5.41 Å². The van der Waals surface area contributed by atoms with Crippen LogP contribution in [0.15, 0.2) is 30.3 Å². The van der Waals surface area contributed by atoms with Crippen molar-refractivity contribution >= 4 is 11.8 Å². The van der Waals surface area contributed by atoms with Crippen LogP contribution in [-0.2, 0) is 12.8 Å². The predicted octanol–water partition coefficient (Wildman–Crippen LogP) is 1.96. The second-order valence-electron chi connectivity index (χ2n) is 5.12. The minimum atomic E-state index is -0.0324. The molecule has 5 heteroatoms. The molecule has 0 spiro atoms. The van der Waals surface area contributed by atoms with E-state index >= 15 is 0 Å². The van der Waals surface area contributed by atoms with Gasteiger partial charge in [-0.25, -0.2) is 0 Å². The molecule has 0 saturated heterocycles. The van der Waals surface area contributed by atoms with Crippen molar-refractivity contribution in [2.45, 2.75) is 25.7 Å². The highest BCUT2D eigenvalue weighted by Gasteiger charge is 2.20. The van der Waals surface area contributed by atoms with E-state index in [1.807, 2.05) is 18.2 Å². The second kappa shape index (κ2) is 5.36. The SMILES string of the molecule is N=C(N)n1nc(Cc2ccccc2)c2c1NCCCC2. The first-order valence-corrected chi connectivity index (χ1v) is 6.98. The largest absolute Gasteiger partial charge is 0.370 e. The van der Waals surface area contributed by atoms with Crippen LogP contribution in [0.3, 0.4) is 0 Å². The van der Waals surface area contributed by atoms with Crippen molar-refractivity contribution in [3.05, 3.63) is 47.2 Å². The molecule has 1 aromatic carbocycles. The number of anilines is 1. The maximum atomic E-state index is 7.68. The first-order chi connectivity index (χ1) is 9.75. The summed E-state index contributed by atoms with van der Waals surface area (Å²) in [6.07, 6.45) is 4.06. The molecule has 4 N–H and O–H groups in total. The lowest BCUT2D eigenvalue weighted by molar-refractivity contribution is 0.770. The number of benzene rings is 1. The van der Waals surface area contributed by atoms with Gasteiger partial charge in [0, 0.05) is 18.5 Å². The summed E-state index contributed by atoms with van der Waals surface area (Å²) in [5.74, 6) is 0.871. The molecule has 0 unspecified atom stereocenters. The van der Waals surface area contributed by atoms with E-state index in [4.69, 9.17) is 11.1 Å². The van der Waals surface area contributed by atoms with Gasteiger partial charge in [0.05, 0.1) is 5.69 Å². The Morgan fingerprint density at radius 3 is 2.85 bits per heavy atom. The highest BCUT2D eigenvalue weighted by atomic mass is 15.4. The third-order valence-corrected chi connectivity index (χ3v) is 3.66. The van der Waals surface area contributed by atoms with Crippen LogP contribution in [0.5, 0.6) is 0 Å². The monoisotopic (exact) mass is 269 g/mol. The third-order valence-electron chi connectivity index (χ3n) is 3.66. The lowest BCUT2D eigenvalue weighted by Crippen LogP contribution is -2.24. The molecule has 0 saturated carbocycles. The minimum absolute atomic E-state index is 0.0324. The van der Waals surface area contributed by atoms with Crippen LogP contribution >= 0.6 is 0 Å². The Kier molecular flexibility index (Phi) is 3.41. The Balaban J connectivity index is 2.00. The van der Waals surface area contributed by atoms with Crippen LogP contribution in [-0.4, -0.2) is 22.3 Å². The first kappa shape index (κ1) is 12.7. The fraction of sp³-hybridized carbons (Fsp3) is 0.333. The number of nitrogens with one attached hydrogen (secondary N) is 2. The summed E-state index contributed by atoms with van der Waals surface area (Å²) in [6.45, 7) is 0.913. The molecule has 3 rings (SSSR count). The van der Waals surface area contributed by atoms with Gasteiger partial charge in [0.2, 0.25) is 5.96 Å². The summed E-state index contributed by atoms with van der Waals surface area (Å²) in [7, 11) is 0. The molecular weight excluding hydrogens is 250 g/mol. The Hall–Kier alpha value is -2.30. The van der Waals surface area contributed by atoms with E-state index in [2.05, 4.69) is 22.5 Å². The van der Waals surface area contributed by atoms with Crippen molar-refractivity contribution in [1.29, 1.82) is 5.41 Å². The summed E-state index contributed by atoms with van der Waals surface area (Å²) in [5, 5.41) is 15.6. The van der Waals surface area contributed by atoms with Gasteiger partial charge in [0.25, 0.3) is 0 Å². The molecule has 5 nitrogen and oxygen atoms in total. The predicted molar refractivity (Wildman–Crippen MR) is 80.2 cm³/mol. The van der Waals surface area contributed by atoms with Crippen LogP contribution in [0, 0.1) is 5.41 Å². The lowest BCUT2D eigenvalue weighted by Gasteiger charge is -2.06. The number of nitrogens with zero attached hydrogens (tertiary/aromatic N) is 2. The van der Waals surface area contributed by atoms with Gasteiger partial charge in [0.1, 0.15) is 5.82 Å². The molecular formula is C15H19N5. The fourth-order valence-corrected chi connectivity index (χ4v) is 2.68. The van der Waals surface area contributed by atoms with E-state index < -0.39 is 0 Å². The number of nitrogen functional groups attached to an aromatic ring is 1. The molecule has 2 aromatic rings. The molecule has 104 valence electrons. The van der Waals surface area contributed by atoms with E-state index in [-0.39, 0.29) is 5.96 Å². The molecule has 0 amide bonds. The van der Waals surface area contributed by atoms with Gasteiger partial charge in [0.15, 0.2) is 0 Å². The van der Waals surface area contributed by atoms with E-state index in [9.17, 15) is 0 Å². The number of fused-ring (bicyclic) bond motifs is 1. The molecule has 0 atom stereocenters. The van der Waals surface area contributed by atoms with Crippen LogP contribution in [0.25, 0.3) is 0 Å². The number of hydrogen-bond donors (Lipinski definition) is 3. The molecule has 0 aliphatic carbocycles. The number of hydrogen-bond acceptors (Lipinski definition) is 3. The number of rotatable bonds is 2. The Morgan fingerprint density at radius 2 is 2.10 bits per heavy atom. The molecule has 1 aliphatic rings. The number of nitrogens with two attached hydrogens (primary N) is 1. The standard InChI is InChI=1S/C15H19N5/c16-15(17)20-14-12(8-4-5-9-18-14)13(19-20)10-11-6-2-1-3-7-11/h1-3,6-7,18H,4-5,8-10H2,(H3,16,17). The van der Waals surface area contributed by atoms with E-state index in [0.717, 1.165) is 43.7 Å². The highest BCUT2D eigenvalue weighted by Crippen LogP contribution is 2.26. The van der Waals surface area contributed by atoms with Crippen LogP contribution in [0.2, 0.25) is 0 Å². The van der Waals surface area contributed by atoms with Gasteiger partial charge in [-0.15, -0.1) is 0 Å². The number of aromatic nitrogens is 2. The highest BCUT2D eigenvalue weighted by molar-refractivity contribution is 5.81. The van der Waals surface area contributed by atoms with Gasteiger partial charge in [-0.1, -0.05) is 30.3 Å². The maximum absolute atomic E-state index is 7.68. The van der Waals surface area contributed by atoms with Crippen molar-refractivity contribution in [1.82, 2.24) is 9.78 Å². The van der Waals surface area contributed by atoms with Crippen LogP contribution in [0.1, 0.15) is 29.7 Å². The Bertz CT molecular complexity index is 615.